The van der Waals surface area contributed by atoms with Crippen LogP contribution in [0.5, 0.6) is 0 Å². The number of ether oxygens (including phenoxy) is 1. The van der Waals surface area contributed by atoms with Gasteiger partial charge in [0.05, 0.1) is 7.11 Å². The SMILES string of the molecule is [CH2]O[C@@H](C)C(F)(F)F. The van der Waals surface area contributed by atoms with Crippen LogP contribution < -0.4 is 0 Å². The Morgan fingerprint density at radius 3 is 1.88 bits per heavy atom. The van der Waals surface area contributed by atoms with Gasteiger partial charge in [-0.2, -0.15) is 13.2 Å². The van der Waals surface area contributed by atoms with Gasteiger partial charge in [-0.15, -0.1) is 0 Å². The maximum Gasteiger partial charge on any atom is 0.414 e. The molecule has 0 N–H and O–H groups in total. The molecule has 1 radical (unpaired) electrons. The van der Waals surface area contributed by atoms with Gasteiger partial charge in [-0.1, -0.05) is 0 Å². The normalized spacial score (nSPS) is 16.1. The van der Waals surface area contributed by atoms with E-state index < -0.39 is 12.3 Å². The summed E-state index contributed by atoms with van der Waals surface area (Å²) in [5.74, 6) is 0. The third-order valence-corrected chi connectivity index (χ3v) is 0.711. The van der Waals surface area contributed by atoms with E-state index in [2.05, 4.69) is 11.8 Å². The van der Waals surface area contributed by atoms with E-state index in [4.69, 9.17) is 0 Å². The molecule has 49 valence electrons. The molecule has 1 nitrogen and oxygen atoms in total. The lowest BCUT2D eigenvalue weighted by Crippen LogP contribution is -2.26. The van der Waals surface area contributed by atoms with Crippen molar-refractivity contribution in [3.05, 3.63) is 7.11 Å². The third kappa shape index (κ3) is 2.16. The molecule has 0 aromatic heterocycles. The zero-order valence-corrected chi connectivity index (χ0v) is 4.33. The predicted octanol–water partition coefficient (Wildman–Crippen LogP) is 1.75. The van der Waals surface area contributed by atoms with Crippen molar-refractivity contribution in [1.82, 2.24) is 0 Å². The van der Waals surface area contributed by atoms with Gasteiger partial charge in [-0.3, -0.25) is 0 Å². The van der Waals surface area contributed by atoms with Crippen molar-refractivity contribution in [1.29, 1.82) is 0 Å². The van der Waals surface area contributed by atoms with Crippen LogP contribution in [0.3, 0.4) is 0 Å². The van der Waals surface area contributed by atoms with E-state index in [0.717, 1.165) is 6.92 Å². The molecule has 0 unspecified atom stereocenters. The molecule has 0 bridgehead atoms. The Hall–Kier alpha value is -0.250. The Morgan fingerprint density at radius 1 is 1.50 bits per heavy atom. The zero-order valence-electron chi connectivity index (χ0n) is 4.33. The summed E-state index contributed by atoms with van der Waals surface area (Å²) in [6.07, 6.45) is -6.04. The molecule has 8 heavy (non-hydrogen) atoms. The highest BCUT2D eigenvalue weighted by molar-refractivity contribution is 4.59. The number of hydrogen-bond donors (Lipinski definition) is 0. The Balaban J connectivity index is 3.62. The Morgan fingerprint density at radius 2 is 1.88 bits per heavy atom. The average Bonchev–Trinajstić information content (AvgIpc) is 1.62. The molecule has 4 heteroatoms. The van der Waals surface area contributed by atoms with E-state index in [1.165, 1.54) is 0 Å². The van der Waals surface area contributed by atoms with Gasteiger partial charge >= 0.3 is 6.18 Å². The molecule has 0 aliphatic heterocycles. The van der Waals surface area contributed by atoms with Gasteiger partial charge in [0.15, 0.2) is 6.10 Å². The van der Waals surface area contributed by atoms with Crippen molar-refractivity contribution < 1.29 is 17.9 Å². The van der Waals surface area contributed by atoms with Crippen molar-refractivity contribution in [2.24, 2.45) is 0 Å². The Kier molecular flexibility index (Phi) is 2.27. The molecule has 0 aromatic rings. The van der Waals surface area contributed by atoms with Crippen LogP contribution >= 0.6 is 0 Å². The van der Waals surface area contributed by atoms with Crippen molar-refractivity contribution in [3.63, 3.8) is 0 Å². The first-order valence-corrected chi connectivity index (χ1v) is 1.96. The second-order valence-electron chi connectivity index (χ2n) is 1.35. The first-order chi connectivity index (χ1) is 3.48. The lowest BCUT2D eigenvalue weighted by atomic mass is 10.4. The second kappa shape index (κ2) is 2.35. The van der Waals surface area contributed by atoms with Crippen LogP contribution in [0.25, 0.3) is 0 Å². The summed E-state index contributed by atoms with van der Waals surface area (Å²) in [4.78, 5) is 0. The minimum atomic E-state index is -4.28. The number of hydrogen-bond acceptors (Lipinski definition) is 1. The summed E-state index contributed by atoms with van der Waals surface area (Å²) in [5.41, 5.74) is 0. The molecule has 0 fully saturated rings. The van der Waals surface area contributed by atoms with E-state index in [9.17, 15) is 13.2 Å². The highest BCUT2D eigenvalue weighted by Crippen LogP contribution is 2.21. The van der Waals surface area contributed by atoms with Crippen LogP contribution in [0.15, 0.2) is 0 Å². The van der Waals surface area contributed by atoms with Gasteiger partial charge in [-0.05, 0) is 6.92 Å². The molecule has 0 aromatic carbocycles. The van der Waals surface area contributed by atoms with E-state index in [0.29, 0.717) is 0 Å². The standard InChI is InChI=1S/C4H6F3O/c1-3(8-2)4(5,6)7/h3H,2H2,1H3/t3-/m0/s1. The highest BCUT2D eigenvalue weighted by atomic mass is 19.4. The molecule has 0 saturated carbocycles. The number of halogens is 3. The van der Waals surface area contributed by atoms with Gasteiger partial charge in [0.25, 0.3) is 0 Å². The second-order valence-corrected chi connectivity index (χ2v) is 1.35. The molecule has 0 saturated heterocycles. The quantitative estimate of drug-likeness (QED) is 0.521. The van der Waals surface area contributed by atoms with Crippen LogP contribution in [-0.2, 0) is 4.74 Å². The van der Waals surface area contributed by atoms with Gasteiger partial charge in [0, 0.05) is 0 Å². The van der Waals surface area contributed by atoms with Crippen molar-refractivity contribution in [2.45, 2.75) is 19.2 Å². The summed E-state index contributed by atoms with van der Waals surface area (Å²) in [6.45, 7) is 0.896. The van der Waals surface area contributed by atoms with E-state index in [1.54, 1.807) is 0 Å². The van der Waals surface area contributed by atoms with Crippen LogP contribution in [0.2, 0.25) is 0 Å². The average molecular weight is 127 g/mol. The van der Waals surface area contributed by atoms with Gasteiger partial charge < -0.3 is 4.74 Å². The van der Waals surface area contributed by atoms with Crippen LogP contribution in [0.1, 0.15) is 6.92 Å². The maximum atomic E-state index is 11.3. The minimum absolute atomic E-state index is 0.896. The van der Waals surface area contributed by atoms with E-state index >= 15 is 0 Å². The van der Waals surface area contributed by atoms with Gasteiger partial charge in [-0.25, -0.2) is 0 Å². The zero-order chi connectivity index (χ0) is 6.78. The summed E-state index contributed by atoms with van der Waals surface area (Å²) in [7, 11) is 2.63. The summed E-state index contributed by atoms with van der Waals surface area (Å²) in [5, 5.41) is 0. The molecular weight excluding hydrogens is 121 g/mol. The van der Waals surface area contributed by atoms with Gasteiger partial charge in [0.1, 0.15) is 0 Å². The molecular formula is C4H6F3O. The van der Waals surface area contributed by atoms with Crippen molar-refractivity contribution in [2.75, 3.05) is 0 Å². The molecule has 1 atom stereocenters. The van der Waals surface area contributed by atoms with E-state index in [-0.39, 0.29) is 0 Å². The first-order valence-electron chi connectivity index (χ1n) is 1.96. The molecule has 0 aliphatic carbocycles. The lowest BCUT2D eigenvalue weighted by Gasteiger charge is -2.11. The molecule has 0 heterocycles. The Bertz CT molecular complexity index is 68.2. The minimum Gasteiger partial charge on any atom is -0.367 e. The largest absolute Gasteiger partial charge is 0.414 e. The summed E-state index contributed by atoms with van der Waals surface area (Å²) in [6, 6.07) is 0. The molecule has 0 spiro atoms. The van der Waals surface area contributed by atoms with Crippen molar-refractivity contribution >= 4 is 0 Å². The molecule has 0 aliphatic rings. The third-order valence-electron chi connectivity index (χ3n) is 0.711. The first kappa shape index (κ1) is 7.75. The fourth-order valence-electron chi connectivity index (χ4n) is 0.0945. The molecule has 0 amide bonds. The lowest BCUT2D eigenvalue weighted by molar-refractivity contribution is -0.200. The maximum absolute atomic E-state index is 11.3. The van der Waals surface area contributed by atoms with E-state index in [1.807, 2.05) is 0 Å². The van der Waals surface area contributed by atoms with Crippen molar-refractivity contribution in [3.8, 4) is 0 Å². The molecule has 0 rings (SSSR count). The highest BCUT2D eigenvalue weighted by Gasteiger charge is 2.35. The summed E-state index contributed by atoms with van der Waals surface area (Å²) >= 11 is 0. The monoisotopic (exact) mass is 127 g/mol. The number of rotatable bonds is 1. The fraction of sp³-hybridized carbons (Fsp3) is 0.750. The predicted molar refractivity (Wildman–Crippen MR) is 22.0 cm³/mol. The van der Waals surface area contributed by atoms with Gasteiger partial charge in [0.2, 0.25) is 0 Å². The number of alkyl halides is 3. The van der Waals surface area contributed by atoms with Crippen LogP contribution in [-0.4, -0.2) is 12.3 Å². The smallest absolute Gasteiger partial charge is 0.367 e. The summed E-state index contributed by atoms with van der Waals surface area (Å²) < 4.78 is 37.6. The topological polar surface area (TPSA) is 9.23 Å². The van der Waals surface area contributed by atoms with Crippen LogP contribution in [0, 0.1) is 7.11 Å². The Labute approximate surface area is 45.4 Å². The van der Waals surface area contributed by atoms with Crippen LogP contribution in [0.4, 0.5) is 13.2 Å². The fourth-order valence-corrected chi connectivity index (χ4v) is 0.0945.